The van der Waals surface area contributed by atoms with Gasteiger partial charge in [-0.3, -0.25) is 4.79 Å². The first-order valence-electron chi connectivity index (χ1n) is 6.41. The number of aliphatic hydroxyl groups is 1. The second kappa shape index (κ2) is 6.54. The molecule has 5 heteroatoms. The van der Waals surface area contributed by atoms with E-state index in [1.54, 1.807) is 12.1 Å². The first-order chi connectivity index (χ1) is 9.58. The molecular formula is C15H18N2O2S. The van der Waals surface area contributed by atoms with Crippen LogP contribution in [-0.4, -0.2) is 17.6 Å². The van der Waals surface area contributed by atoms with Gasteiger partial charge in [0.2, 0.25) is 5.91 Å². The lowest BCUT2D eigenvalue weighted by molar-refractivity contribution is -0.122. The number of hydrogen-bond donors (Lipinski definition) is 3. The van der Waals surface area contributed by atoms with Crippen molar-refractivity contribution < 1.29 is 9.90 Å². The Bertz CT molecular complexity index is 569. The molecule has 0 aliphatic heterocycles. The van der Waals surface area contributed by atoms with Crippen LogP contribution >= 0.6 is 11.3 Å². The molecule has 0 radical (unpaired) electrons. The van der Waals surface area contributed by atoms with Crippen molar-refractivity contribution in [2.75, 3.05) is 12.3 Å². The number of anilines is 1. The molecule has 106 valence electrons. The Morgan fingerprint density at radius 2 is 2.20 bits per heavy atom. The van der Waals surface area contributed by atoms with Crippen LogP contribution in [0.4, 0.5) is 5.69 Å². The summed E-state index contributed by atoms with van der Waals surface area (Å²) in [7, 11) is 0. The molecule has 0 aliphatic carbocycles. The summed E-state index contributed by atoms with van der Waals surface area (Å²) < 4.78 is 0. The van der Waals surface area contributed by atoms with Crippen LogP contribution in [0.15, 0.2) is 41.1 Å². The molecular weight excluding hydrogens is 272 g/mol. The van der Waals surface area contributed by atoms with Crippen molar-refractivity contribution >= 4 is 22.9 Å². The molecule has 4 N–H and O–H groups in total. The average molecular weight is 290 g/mol. The number of hydrogen-bond acceptors (Lipinski definition) is 4. The normalized spacial score (nSPS) is 13.7. The van der Waals surface area contributed by atoms with Gasteiger partial charge in [-0.05, 0) is 47.0 Å². The van der Waals surface area contributed by atoms with Gasteiger partial charge in [0, 0.05) is 12.2 Å². The summed E-state index contributed by atoms with van der Waals surface area (Å²) >= 11 is 1.52. The number of nitrogen functional groups attached to an aromatic ring is 1. The van der Waals surface area contributed by atoms with Crippen molar-refractivity contribution in [2.24, 2.45) is 0 Å². The summed E-state index contributed by atoms with van der Waals surface area (Å²) in [5, 5.41) is 16.5. The van der Waals surface area contributed by atoms with Gasteiger partial charge in [-0.25, -0.2) is 0 Å². The molecule has 20 heavy (non-hydrogen) atoms. The molecule has 2 atom stereocenters. The van der Waals surface area contributed by atoms with E-state index in [4.69, 9.17) is 5.73 Å². The van der Waals surface area contributed by atoms with Crippen molar-refractivity contribution in [2.45, 2.75) is 18.9 Å². The zero-order valence-corrected chi connectivity index (χ0v) is 12.1. The maximum Gasteiger partial charge on any atom is 0.227 e. The maximum absolute atomic E-state index is 12.1. The molecule has 1 aromatic carbocycles. The van der Waals surface area contributed by atoms with E-state index in [2.05, 4.69) is 5.32 Å². The van der Waals surface area contributed by atoms with Crippen molar-refractivity contribution in [3.63, 3.8) is 0 Å². The zero-order valence-electron chi connectivity index (χ0n) is 11.2. The van der Waals surface area contributed by atoms with Crippen molar-refractivity contribution in [3.8, 4) is 0 Å². The Kier molecular flexibility index (Phi) is 4.76. The second-order valence-electron chi connectivity index (χ2n) is 4.71. The van der Waals surface area contributed by atoms with E-state index in [-0.39, 0.29) is 18.4 Å². The third-order valence-electron chi connectivity index (χ3n) is 3.20. The highest BCUT2D eigenvalue weighted by Crippen LogP contribution is 2.19. The summed E-state index contributed by atoms with van der Waals surface area (Å²) in [6.07, 6.45) is -0.668. The fourth-order valence-corrected chi connectivity index (χ4v) is 2.62. The molecule has 2 unspecified atom stereocenters. The Labute approximate surface area is 122 Å². The fourth-order valence-electron chi connectivity index (χ4n) is 1.91. The minimum atomic E-state index is -0.668. The first kappa shape index (κ1) is 14.6. The summed E-state index contributed by atoms with van der Waals surface area (Å²) in [5.41, 5.74) is 8.05. The molecule has 4 nitrogen and oxygen atoms in total. The number of carbonyl (C=O) groups excluding carboxylic acids is 1. The summed E-state index contributed by atoms with van der Waals surface area (Å²) in [6, 6.07) is 9.13. The van der Waals surface area contributed by atoms with Gasteiger partial charge in [-0.1, -0.05) is 12.1 Å². The van der Waals surface area contributed by atoms with Gasteiger partial charge in [0.05, 0.1) is 12.0 Å². The largest absolute Gasteiger partial charge is 0.399 e. The van der Waals surface area contributed by atoms with E-state index in [0.29, 0.717) is 5.69 Å². The number of rotatable bonds is 5. The van der Waals surface area contributed by atoms with E-state index in [9.17, 15) is 9.90 Å². The molecule has 0 saturated carbocycles. The van der Waals surface area contributed by atoms with Crippen molar-refractivity contribution in [3.05, 3.63) is 52.2 Å². The van der Waals surface area contributed by atoms with E-state index in [1.807, 2.05) is 35.9 Å². The SMILES string of the molecule is CC(C(=O)NCC(O)c1ccsc1)c1cccc(N)c1. The summed E-state index contributed by atoms with van der Waals surface area (Å²) in [5.74, 6) is -0.418. The second-order valence-corrected chi connectivity index (χ2v) is 5.49. The molecule has 1 aromatic heterocycles. The van der Waals surface area contributed by atoms with Crippen LogP contribution in [-0.2, 0) is 4.79 Å². The topological polar surface area (TPSA) is 75.3 Å². The van der Waals surface area contributed by atoms with Gasteiger partial charge >= 0.3 is 0 Å². The molecule has 2 rings (SSSR count). The molecule has 0 aliphatic rings. The Morgan fingerprint density at radius 3 is 2.85 bits per heavy atom. The van der Waals surface area contributed by atoms with Gasteiger partial charge in [0.25, 0.3) is 0 Å². The number of nitrogens with one attached hydrogen (secondary N) is 1. The molecule has 0 fully saturated rings. The van der Waals surface area contributed by atoms with Crippen LogP contribution in [0.1, 0.15) is 30.1 Å². The van der Waals surface area contributed by atoms with Gasteiger partial charge in [-0.15, -0.1) is 0 Å². The molecule has 0 spiro atoms. The van der Waals surface area contributed by atoms with Crippen LogP contribution in [0.2, 0.25) is 0 Å². The van der Waals surface area contributed by atoms with Crippen LogP contribution in [0, 0.1) is 0 Å². The van der Waals surface area contributed by atoms with Crippen molar-refractivity contribution in [1.82, 2.24) is 5.32 Å². The van der Waals surface area contributed by atoms with Gasteiger partial charge < -0.3 is 16.2 Å². The highest BCUT2D eigenvalue weighted by molar-refractivity contribution is 7.07. The average Bonchev–Trinajstić information content (AvgIpc) is 2.97. The van der Waals surface area contributed by atoms with Crippen LogP contribution in [0.25, 0.3) is 0 Å². The molecule has 0 bridgehead atoms. The molecule has 1 amide bonds. The van der Waals surface area contributed by atoms with Gasteiger partial charge in [0.1, 0.15) is 0 Å². The van der Waals surface area contributed by atoms with E-state index in [0.717, 1.165) is 11.1 Å². The molecule has 0 saturated heterocycles. The molecule has 1 heterocycles. The lowest BCUT2D eigenvalue weighted by Gasteiger charge is -2.15. The van der Waals surface area contributed by atoms with Gasteiger partial charge in [-0.2, -0.15) is 11.3 Å². The monoisotopic (exact) mass is 290 g/mol. The lowest BCUT2D eigenvalue weighted by atomic mass is 10.00. The fraction of sp³-hybridized carbons (Fsp3) is 0.267. The first-order valence-corrected chi connectivity index (χ1v) is 7.35. The number of aliphatic hydroxyl groups excluding tert-OH is 1. The number of carbonyl (C=O) groups is 1. The summed E-state index contributed by atoms with van der Waals surface area (Å²) in [4.78, 5) is 12.1. The maximum atomic E-state index is 12.1. The molecule has 2 aromatic rings. The number of thiophene rings is 1. The number of nitrogens with two attached hydrogens (primary N) is 1. The van der Waals surface area contributed by atoms with Crippen LogP contribution < -0.4 is 11.1 Å². The summed E-state index contributed by atoms with van der Waals surface area (Å²) in [6.45, 7) is 2.03. The van der Waals surface area contributed by atoms with Gasteiger partial charge in [0.15, 0.2) is 0 Å². The van der Waals surface area contributed by atoms with Crippen LogP contribution in [0.3, 0.4) is 0 Å². The quantitative estimate of drug-likeness (QED) is 0.740. The Morgan fingerprint density at radius 1 is 1.40 bits per heavy atom. The van der Waals surface area contributed by atoms with E-state index < -0.39 is 6.10 Å². The predicted octanol–water partition coefficient (Wildman–Crippen LogP) is 2.28. The Hall–Kier alpha value is -1.85. The predicted molar refractivity (Wildman–Crippen MR) is 81.6 cm³/mol. The zero-order chi connectivity index (χ0) is 14.5. The third-order valence-corrected chi connectivity index (χ3v) is 3.90. The van der Waals surface area contributed by atoms with Crippen LogP contribution in [0.5, 0.6) is 0 Å². The smallest absolute Gasteiger partial charge is 0.227 e. The number of benzene rings is 1. The highest BCUT2D eigenvalue weighted by atomic mass is 32.1. The minimum Gasteiger partial charge on any atom is -0.399 e. The highest BCUT2D eigenvalue weighted by Gasteiger charge is 2.17. The minimum absolute atomic E-state index is 0.120. The standard InChI is InChI=1S/C15H18N2O2S/c1-10(11-3-2-4-13(16)7-11)15(19)17-8-14(18)12-5-6-20-9-12/h2-7,9-10,14,18H,8,16H2,1H3,(H,17,19). The van der Waals surface area contributed by atoms with Crippen molar-refractivity contribution in [1.29, 1.82) is 0 Å². The lowest BCUT2D eigenvalue weighted by Crippen LogP contribution is -2.31. The van der Waals surface area contributed by atoms with E-state index in [1.165, 1.54) is 11.3 Å². The Balaban J connectivity index is 1.91. The third kappa shape index (κ3) is 3.59. The van der Waals surface area contributed by atoms with E-state index >= 15 is 0 Å². The number of amides is 1.